The Morgan fingerprint density at radius 1 is 0.682 bits per heavy atom. The Balaban J connectivity index is 1.93. The summed E-state index contributed by atoms with van der Waals surface area (Å²) in [5.74, 6) is 0. The summed E-state index contributed by atoms with van der Waals surface area (Å²) in [5, 5.41) is 0. The van der Waals surface area contributed by atoms with Crippen LogP contribution >= 0.6 is 0 Å². The van der Waals surface area contributed by atoms with Crippen LogP contribution in [-0.4, -0.2) is 25.2 Å². The first kappa shape index (κ1) is 17.1. The second-order valence-corrected chi connectivity index (χ2v) is 24.1. The van der Waals surface area contributed by atoms with E-state index in [1.54, 1.807) is 0 Å². The monoisotopic (exact) mass is 328 g/mol. The van der Waals surface area contributed by atoms with Crippen LogP contribution < -0.4 is 0 Å². The maximum atomic E-state index is 4.49. The smallest absolute Gasteiger partial charge is 0.0416 e. The van der Waals surface area contributed by atoms with Crippen molar-refractivity contribution < 1.29 is 0 Å². The maximum Gasteiger partial charge on any atom is 0.0416 e. The number of hydrogen-bond acceptors (Lipinski definition) is 2. The first-order chi connectivity index (χ1) is 10.4. The van der Waals surface area contributed by atoms with E-state index in [1.165, 1.54) is 23.5 Å². The van der Waals surface area contributed by atoms with Gasteiger partial charge >= 0.3 is 0 Å². The van der Waals surface area contributed by atoms with Crippen molar-refractivity contribution >= 4 is 15.2 Å². The Morgan fingerprint density at radius 3 is 1.41 bits per heavy atom. The van der Waals surface area contributed by atoms with E-state index in [9.17, 15) is 0 Å². The molecule has 0 spiro atoms. The fourth-order valence-electron chi connectivity index (χ4n) is 2.65. The zero-order chi connectivity index (χ0) is 16.1. The molecule has 2 nitrogen and oxygen atoms in total. The van der Waals surface area contributed by atoms with Crippen LogP contribution in [0.3, 0.4) is 0 Å². The Hall–Kier alpha value is -1.27. The number of aryl methyl sites for hydroxylation is 2. The van der Waals surface area contributed by atoms with Gasteiger partial charge in [0.15, 0.2) is 0 Å². The molecule has 0 bridgehead atoms. The molecule has 2 heterocycles. The van der Waals surface area contributed by atoms with Crippen LogP contribution in [0.2, 0.25) is 38.3 Å². The van der Waals surface area contributed by atoms with E-state index in [1.807, 2.05) is 24.5 Å². The molecule has 0 aliphatic heterocycles. The summed E-state index contributed by atoms with van der Waals surface area (Å²) in [7, 11) is -2.39. The molecule has 22 heavy (non-hydrogen) atoms. The lowest BCUT2D eigenvalue weighted by Gasteiger charge is -2.38. The van der Waals surface area contributed by atoms with E-state index in [2.05, 4.69) is 60.4 Å². The van der Waals surface area contributed by atoms with Gasteiger partial charge in [-0.15, -0.1) is 0 Å². The summed E-state index contributed by atoms with van der Waals surface area (Å²) in [5.41, 5.74) is 2.50. The molecule has 0 radical (unpaired) electrons. The van der Waals surface area contributed by atoms with Crippen LogP contribution in [0.25, 0.3) is 0 Å². The van der Waals surface area contributed by atoms with Crippen LogP contribution in [0.4, 0.5) is 0 Å². The van der Waals surface area contributed by atoms with Crippen LogP contribution in [0, 0.1) is 0 Å². The van der Waals surface area contributed by atoms with Crippen molar-refractivity contribution in [2.45, 2.75) is 51.1 Å². The highest BCUT2D eigenvalue weighted by atomic mass is 29.3. The largest absolute Gasteiger partial charge is 0.261 e. The third-order valence-corrected chi connectivity index (χ3v) is 24.5. The van der Waals surface area contributed by atoms with E-state index >= 15 is 0 Å². The molecule has 0 atom stereocenters. The molecule has 0 N–H and O–H groups in total. The zero-order valence-electron chi connectivity index (χ0n) is 14.3. The minimum atomic E-state index is -1.20. The summed E-state index contributed by atoms with van der Waals surface area (Å²) < 4.78 is 0. The molecule has 0 fully saturated rings. The standard InChI is InChI=1S/C18H28N2Si2/c1-21(2,15-11-17-9-5-7-13-19-17)22(3,4)16-12-18-10-6-8-14-20-18/h5-10,13-14H,11-12,15-16H2,1-4H3. The summed E-state index contributed by atoms with van der Waals surface area (Å²) in [6.45, 7) is 10.3. The molecular weight excluding hydrogens is 300 g/mol. The summed E-state index contributed by atoms with van der Waals surface area (Å²) >= 11 is 0. The van der Waals surface area contributed by atoms with E-state index in [-0.39, 0.29) is 0 Å². The van der Waals surface area contributed by atoms with Crippen molar-refractivity contribution in [3.63, 3.8) is 0 Å². The third-order valence-electron chi connectivity index (χ3n) is 5.30. The van der Waals surface area contributed by atoms with Gasteiger partial charge in [-0.2, -0.15) is 0 Å². The van der Waals surface area contributed by atoms with Crippen LogP contribution in [-0.2, 0) is 12.8 Å². The third kappa shape index (κ3) is 4.61. The lowest BCUT2D eigenvalue weighted by molar-refractivity contribution is 1.000. The molecular formula is C18H28N2Si2. The predicted octanol–water partition coefficient (Wildman–Crippen LogP) is 4.76. The second kappa shape index (κ2) is 7.33. The summed E-state index contributed by atoms with van der Waals surface area (Å²) in [4.78, 5) is 8.97. The van der Waals surface area contributed by atoms with Gasteiger partial charge in [-0.1, -0.05) is 50.4 Å². The van der Waals surface area contributed by atoms with E-state index < -0.39 is 15.2 Å². The molecule has 0 saturated carbocycles. The van der Waals surface area contributed by atoms with Gasteiger partial charge in [-0.25, -0.2) is 0 Å². The fourth-order valence-corrected chi connectivity index (χ4v) is 10.6. The highest BCUT2D eigenvalue weighted by Gasteiger charge is 2.39. The van der Waals surface area contributed by atoms with E-state index in [0.717, 1.165) is 12.8 Å². The van der Waals surface area contributed by atoms with Gasteiger partial charge < -0.3 is 0 Å². The van der Waals surface area contributed by atoms with Crippen molar-refractivity contribution in [2.24, 2.45) is 0 Å². The minimum Gasteiger partial charge on any atom is -0.261 e. The van der Waals surface area contributed by atoms with Crippen LogP contribution in [0.1, 0.15) is 11.4 Å². The van der Waals surface area contributed by atoms with Crippen molar-refractivity contribution in [3.05, 3.63) is 60.2 Å². The number of nitrogens with zero attached hydrogens (tertiary/aromatic N) is 2. The number of aromatic nitrogens is 2. The van der Waals surface area contributed by atoms with Gasteiger partial charge in [0.1, 0.15) is 0 Å². The highest BCUT2D eigenvalue weighted by Crippen LogP contribution is 2.29. The quantitative estimate of drug-likeness (QED) is 0.685. The molecule has 0 aliphatic rings. The maximum absolute atomic E-state index is 4.49. The second-order valence-electron chi connectivity index (χ2n) is 7.41. The average Bonchev–Trinajstić information content (AvgIpc) is 2.53. The number of pyridine rings is 2. The lowest BCUT2D eigenvalue weighted by atomic mass is 10.3. The Bertz CT molecular complexity index is 515. The first-order valence-corrected chi connectivity index (χ1v) is 15.6. The Labute approximate surface area is 136 Å². The SMILES string of the molecule is C[Si](C)(CCc1ccccn1)[Si](C)(C)CCc1ccccn1. The van der Waals surface area contributed by atoms with Gasteiger partial charge in [-0.05, 0) is 37.1 Å². The summed E-state index contributed by atoms with van der Waals surface area (Å²) in [6, 6.07) is 15.2. The van der Waals surface area contributed by atoms with Crippen molar-refractivity contribution in [3.8, 4) is 0 Å². The van der Waals surface area contributed by atoms with Gasteiger partial charge in [0.2, 0.25) is 0 Å². The molecule has 2 aromatic rings. The lowest BCUT2D eigenvalue weighted by Crippen LogP contribution is -2.55. The van der Waals surface area contributed by atoms with Crippen molar-refractivity contribution in [1.29, 1.82) is 0 Å². The van der Waals surface area contributed by atoms with Gasteiger partial charge in [0, 0.05) is 39.0 Å². The molecule has 0 aliphatic carbocycles. The van der Waals surface area contributed by atoms with E-state index in [0.29, 0.717) is 0 Å². The first-order valence-electron chi connectivity index (χ1n) is 8.21. The van der Waals surface area contributed by atoms with Crippen LogP contribution in [0.5, 0.6) is 0 Å². The molecule has 0 saturated heterocycles. The minimum absolute atomic E-state index is 1.14. The molecule has 0 amide bonds. The van der Waals surface area contributed by atoms with Crippen molar-refractivity contribution in [1.82, 2.24) is 9.97 Å². The predicted molar refractivity (Wildman–Crippen MR) is 100 cm³/mol. The number of rotatable bonds is 7. The Kier molecular flexibility index (Phi) is 5.70. The molecule has 4 heteroatoms. The molecule has 0 unspecified atom stereocenters. The fraction of sp³-hybridized carbons (Fsp3) is 0.444. The zero-order valence-corrected chi connectivity index (χ0v) is 16.3. The molecule has 0 aromatic carbocycles. The average molecular weight is 329 g/mol. The molecule has 2 rings (SSSR count). The molecule has 118 valence electrons. The topological polar surface area (TPSA) is 25.8 Å². The van der Waals surface area contributed by atoms with Crippen molar-refractivity contribution in [2.75, 3.05) is 0 Å². The van der Waals surface area contributed by atoms with Gasteiger partial charge in [0.25, 0.3) is 0 Å². The normalized spacial score (nSPS) is 12.4. The Morgan fingerprint density at radius 2 is 1.09 bits per heavy atom. The van der Waals surface area contributed by atoms with Gasteiger partial charge in [0.05, 0.1) is 0 Å². The van der Waals surface area contributed by atoms with E-state index in [4.69, 9.17) is 0 Å². The molecule has 2 aromatic heterocycles. The van der Waals surface area contributed by atoms with Gasteiger partial charge in [-0.3, -0.25) is 9.97 Å². The summed E-state index contributed by atoms with van der Waals surface area (Å²) in [6.07, 6.45) is 6.10. The number of hydrogen-bond donors (Lipinski definition) is 0. The van der Waals surface area contributed by atoms with Crippen LogP contribution in [0.15, 0.2) is 48.8 Å². The highest BCUT2D eigenvalue weighted by molar-refractivity contribution is 7.40.